The first kappa shape index (κ1) is 17.3. The number of ether oxygens (including phenoxy) is 1. The Morgan fingerprint density at radius 2 is 2.17 bits per heavy atom. The topological polar surface area (TPSA) is 55.0 Å². The predicted molar refractivity (Wildman–Crippen MR) is 93.1 cm³/mol. The molecular weight excluding hydrogens is 288 g/mol. The molecule has 0 unspecified atom stereocenters. The van der Waals surface area contributed by atoms with Crippen molar-refractivity contribution in [3.05, 3.63) is 46.6 Å². The van der Waals surface area contributed by atoms with Gasteiger partial charge in [-0.3, -0.25) is 0 Å². The van der Waals surface area contributed by atoms with Crippen molar-refractivity contribution in [1.82, 2.24) is 9.97 Å². The molecule has 0 atom stereocenters. The fraction of sp³-hybridized carbons (Fsp3) is 0.474. The minimum Gasteiger partial charge on any atom is -0.463 e. The van der Waals surface area contributed by atoms with E-state index in [9.17, 15) is 4.79 Å². The van der Waals surface area contributed by atoms with E-state index in [4.69, 9.17) is 0 Å². The van der Waals surface area contributed by atoms with Crippen LogP contribution in [0.15, 0.2) is 35.1 Å². The van der Waals surface area contributed by atoms with Crippen LogP contribution in [0.1, 0.15) is 63.3 Å². The highest BCUT2D eigenvalue weighted by molar-refractivity contribution is 5.85. The number of imidazole rings is 1. The highest BCUT2D eigenvalue weighted by atomic mass is 16.5. The van der Waals surface area contributed by atoms with E-state index in [1.807, 2.05) is 13.0 Å². The zero-order chi connectivity index (χ0) is 17.0. The van der Waals surface area contributed by atoms with Crippen molar-refractivity contribution in [3.8, 4) is 0 Å². The summed E-state index contributed by atoms with van der Waals surface area (Å²) in [6.07, 6.45) is 11.7. The van der Waals surface area contributed by atoms with Crippen molar-refractivity contribution in [1.29, 1.82) is 0 Å². The Hall–Kier alpha value is -2.10. The number of rotatable bonds is 4. The third-order valence-electron chi connectivity index (χ3n) is 4.41. The van der Waals surface area contributed by atoms with Crippen molar-refractivity contribution in [2.75, 3.05) is 7.11 Å². The number of nitrogens with one attached hydrogen (secondary N) is 1. The van der Waals surface area contributed by atoms with Gasteiger partial charge in [-0.15, -0.1) is 0 Å². The molecule has 2 rings (SSSR count). The molecule has 1 aromatic rings. The number of aromatic nitrogens is 2. The molecule has 1 heterocycles. The molecule has 1 aliphatic carbocycles. The molecule has 0 radical (unpaired) electrons. The Morgan fingerprint density at radius 1 is 1.43 bits per heavy atom. The summed E-state index contributed by atoms with van der Waals surface area (Å²) in [7, 11) is 1.34. The van der Waals surface area contributed by atoms with Gasteiger partial charge in [-0.2, -0.15) is 0 Å². The zero-order valence-electron chi connectivity index (χ0n) is 14.7. The van der Waals surface area contributed by atoms with Gasteiger partial charge in [0.25, 0.3) is 0 Å². The summed E-state index contributed by atoms with van der Waals surface area (Å²) >= 11 is 0. The van der Waals surface area contributed by atoms with Crippen LogP contribution in [-0.2, 0) is 4.74 Å². The maximum absolute atomic E-state index is 11.4. The number of H-pyrrole nitrogens is 1. The monoisotopic (exact) mass is 314 g/mol. The number of carbonyl (C=O) groups excluding carboxylic acids is 1. The van der Waals surface area contributed by atoms with Gasteiger partial charge in [-0.05, 0) is 55.7 Å². The summed E-state index contributed by atoms with van der Waals surface area (Å²) in [4.78, 5) is 18.4. The van der Waals surface area contributed by atoms with Crippen LogP contribution in [0.3, 0.4) is 0 Å². The number of carbonyl (C=O) groups is 1. The Labute approximate surface area is 138 Å². The lowest BCUT2D eigenvalue weighted by Crippen LogP contribution is -2.19. The molecule has 0 spiro atoms. The summed E-state index contributed by atoms with van der Waals surface area (Å²) < 4.78 is 4.64. The van der Waals surface area contributed by atoms with E-state index in [1.54, 1.807) is 6.20 Å². The lowest BCUT2D eigenvalue weighted by molar-refractivity contribution is 0.0588. The van der Waals surface area contributed by atoms with Gasteiger partial charge in [-0.1, -0.05) is 31.6 Å². The molecule has 1 N–H and O–H groups in total. The van der Waals surface area contributed by atoms with E-state index in [-0.39, 0.29) is 11.2 Å². The van der Waals surface area contributed by atoms with Crippen LogP contribution in [0, 0.1) is 5.41 Å². The molecule has 124 valence electrons. The lowest BCUT2D eigenvalue weighted by Gasteiger charge is -2.32. The summed E-state index contributed by atoms with van der Waals surface area (Å²) in [5.41, 5.74) is 5.06. The number of nitrogens with zero attached hydrogens (tertiary/aromatic N) is 1. The molecule has 0 saturated carbocycles. The van der Waals surface area contributed by atoms with Gasteiger partial charge in [0.2, 0.25) is 5.82 Å². The standard InChI is InChI=1S/C19H26N2O2/c1-13(11-15-12-20-17(21-15)18(22)23-5)8-9-16-14(2)7-6-10-19(16,3)4/h8-9,11-12H,6-7,10H2,1-5H3,(H,20,21)/b9-8?,13-11+. The van der Waals surface area contributed by atoms with Crippen LogP contribution < -0.4 is 0 Å². The van der Waals surface area contributed by atoms with Gasteiger partial charge >= 0.3 is 5.97 Å². The maximum Gasteiger partial charge on any atom is 0.374 e. The number of aromatic amines is 1. The number of allylic oxidation sites excluding steroid dienone is 5. The first-order valence-corrected chi connectivity index (χ1v) is 8.03. The molecule has 0 aliphatic heterocycles. The molecular formula is C19H26N2O2. The van der Waals surface area contributed by atoms with Gasteiger partial charge in [-0.25, -0.2) is 9.78 Å². The van der Waals surface area contributed by atoms with Crippen LogP contribution >= 0.6 is 0 Å². The van der Waals surface area contributed by atoms with E-state index < -0.39 is 5.97 Å². The van der Waals surface area contributed by atoms with Crippen molar-refractivity contribution in [2.24, 2.45) is 5.41 Å². The van der Waals surface area contributed by atoms with Crippen LogP contribution in [0.2, 0.25) is 0 Å². The minimum atomic E-state index is -0.456. The van der Waals surface area contributed by atoms with Crippen molar-refractivity contribution >= 4 is 12.0 Å². The number of methoxy groups -OCH3 is 1. The fourth-order valence-electron chi connectivity index (χ4n) is 3.13. The first-order valence-electron chi connectivity index (χ1n) is 8.03. The van der Waals surface area contributed by atoms with Crippen molar-refractivity contribution < 1.29 is 9.53 Å². The van der Waals surface area contributed by atoms with Gasteiger partial charge in [0.15, 0.2) is 0 Å². The minimum absolute atomic E-state index is 0.225. The van der Waals surface area contributed by atoms with Crippen molar-refractivity contribution in [2.45, 2.75) is 47.0 Å². The Morgan fingerprint density at radius 3 is 2.83 bits per heavy atom. The maximum atomic E-state index is 11.4. The van der Waals surface area contributed by atoms with Crippen LogP contribution in [-0.4, -0.2) is 23.0 Å². The van der Waals surface area contributed by atoms with Crippen LogP contribution in [0.25, 0.3) is 6.08 Å². The highest BCUT2D eigenvalue weighted by Gasteiger charge is 2.26. The van der Waals surface area contributed by atoms with Gasteiger partial charge in [0.05, 0.1) is 19.0 Å². The quantitative estimate of drug-likeness (QED) is 0.648. The van der Waals surface area contributed by atoms with E-state index in [0.29, 0.717) is 0 Å². The van der Waals surface area contributed by atoms with Crippen LogP contribution in [0.5, 0.6) is 0 Å². The zero-order valence-corrected chi connectivity index (χ0v) is 14.7. The molecule has 23 heavy (non-hydrogen) atoms. The average molecular weight is 314 g/mol. The lowest BCUT2D eigenvalue weighted by atomic mass is 9.72. The SMILES string of the molecule is COC(=O)c1ncc(/C=C(\C)C=CC2=C(C)CCCC2(C)C)[nH]1. The van der Waals surface area contributed by atoms with Crippen LogP contribution in [0.4, 0.5) is 0 Å². The summed E-state index contributed by atoms with van der Waals surface area (Å²) in [6, 6.07) is 0. The molecule has 0 saturated heterocycles. The Balaban J connectivity index is 2.16. The number of hydrogen-bond donors (Lipinski definition) is 1. The van der Waals surface area contributed by atoms with Gasteiger partial charge < -0.3 is 9.72 Å². The molecule has 0 bridgehead atoms. The first-order chi connectivity index (χ1) is 10.8. The molecule has 4 nitrogen and oxygen atoms in total. The molecule has 1 aliphatic rings. The third-order valence-corrected chi connectivity index (χ3v) is 4.41. The second-order valence-corrected chi connectivity index (χ2v) is 6.83. The van der Waals surface area contributed by atoms with Gasteiger partial charge in [0.1, 0.15) is 0 Å². The predicted octanol–water partition coefficient (Wildman–Crippen LogP) is 4.68. The summed E-state index contributed by atoms with van der Waals surface area (Å²) in [6.45, 7) is 8.90. The average Bonchev–Trinajstić information content (AvgIpc) is 2.93. The van der Waals surface area contributed by atoms with Gasteiger partial charge in [0, 0.05) is 0 Å². The normalized spacial score (nSPS) is 18.6. The number of esters is 1. The molecule has 0 amide bonds. The summed E-state index contributed by atoms with van der Waals surface area (Å²) in [5.74, 6) is -0.231. The fourth-order valence-corrected chi connectivity index (χ4v) is 3.13. The number of hydrogen-bond acceptors (Lipinski definition) is 3. The largest absolute Gasteiger partial charge is 0.463 e. The second-order valence-electron chi connectivity index (χ2n) is 6.83. The highest BCUT2D eigenvalue weighted by Crippen LogP contribution is 2.40. The van der Waals surface area contributed by atoms with E-state index in [0.717, 1.165) is 11.3 Å². The van der Waals surface area contributed by atoms with E-state index in [1.165, 1.54) is 37.5 Å². The molecule has 1 aromatic heterocycles. The second kappa shape index (κ2) is 6.99. The Kier molecular flexibility index (Phi) is 5.24. The smallest absolute Gasteiger partial charge is 0.374 e. The van der Waals surface area contributed by atoms with E-state index in [2.05, 4.69) is 47.6 Å². The third kappa shape index (κ3) is 4.21. The molecule has 0 aromatic carbocycles. The van der Waals surface area contributed by atoms with E-state index >= 15 is 0 Å². The summed E-state index contributed by atoms with van der Waals surface area (Å²) in [5, 5.41) is 0. The Bertz CT molecular complexity index is 675. The molecule has 0 fully saturated rings. The molecule has 4 heteroatoms. The van der Waals surface area contributed by atoms with Crippen molar-refractivity contribution in [3.63, 3.8) is 0 Å².